The Morgan fingerprint density at radius 2 is 1.95 bits per heavy atom. The first-order chi connectivity index (χ1) is 9.68. The highest BCUT2D eigenvalue weighted by Gasteiger charge is 2.27. The molecule has 1 aromatic carbocycles. The average Bonchev–Trinajstić information content (AvgIpc) is 3.05. The van der Waals surface area contributed by atoms with Crippen LogP contribution in [-0.4, -0.2) is 28.0 Å². The predicted octanol–water partition coefficient (Wildman–Crippen LogP) is 3.83. The van der Waals surface area contributed by atoms with Crippen LogP contribution in [0.25, 0.3) is 10.9 Å². The van der Waals surface area contributed by atoms with Crippen LogP contribution in [-0.2, 0) is 7.05 Å². The van der Waals surface area contributed by atoms with Gasteiger partial charge in [-0.25, -0.2) is 0 Å². The number of benzene rings is 1. The Kier molecular flexibility index (Phi) is 4.48. The van der Waals surface area contributed by atoms with Crippen LogP contribution in [0.4, 0.5) is 0 Å². The van der Waals surface area contributed by atoms with Crippen LogP contribution in [0.15, 0.2) is 30.5 Å². The maximum absolute atomic E-state index is 12.6. The van der Waals surface area contributed by atoms with Crippen LogP contribution >= 0.6 is 0 Å². The number of nitrogens with zero attached hydrogens (tertiary/aromatic N) is 2. The lowest BCUT2D eigenvalue weighted by Crippen LogP contribution is -2.33. The first-order valence-corrected chi connectivity index (χ1v) is 7.53. The summed E-state index contributed by atoms with van der Waals surface area (Å²) in [6.45, 7) is 7.03. The quantitative estimate of drug-likeness (QED) is 0.774. The molecule has 1 aliphatic heterocycles. The van der Waals surface area contributed by atoms with Crippen molar-refractivity contribution in [2.24, 2.45) is 7.05 Å². The van der Waals surface area contributed by atoms with E-state index in [1.165, 1.54) is 0 Å². The zero-order valence-corrected chi connectivity index (χ0v) is 12.9. The van der Waals surface area contributed by atoms with E-state index in [9.17, 15) is 4.79 Å². The first kappa shape index (κ1) is 14.6. The van der Waals surface area contributed by atoms with Crippen molar-refractivity contribution in [1.29, 1.82) is 0 Å². The van der Waals surface area contributed by atoms with Crippen LogP contribution in [0.5, 0.6) is 0 Å². The highest BCUT2D eigenvalue weighted by molar-refractivity contribution is 6.07. The van der Waals surface area contributed by atoms with Crippen LogP contribution in [0.2, 0.25) is 0 Å². The topological polar surface area (TPSA) is 25.2 Å². The number of fused-ring (bicyclic) bond motifs is 1. The van der Waals surface area contributed by atoms with E-state index in [2.05, 4.69) is 13.0 Å². The molecule has 1 aromatic heterocycles. The number of aryl methyl sites for hydroxylation is 1. The van der Waals surface area contributed by atoms with E-state index in [0.29, 0.717) is 6.04 Å². The van der Waals surface area contributed by atoms with Crippen molar-refractivity contribution in [3.63, 3.8) is 0 Å². The van der Waals surface area contributed by atoms with Crippen molar-refractivity contribution in [3.05, 3.63) is 36.0 Å². The summed E-state index contributed by atoms with van der Waals surface area (Å²) in [7, 11) is 1.99. The van der Waals surface area contributed by atoms with Gasteiger partial charge in [-0.15, -0.1) is 0 Å². The Balaban J connectivity index is 0.000000704. The molecule has 1 saturated heterocycles. The monoisotopic (exact) mass is 272 g/mol. The minimum absolute atomic E-state index is 0.178. The van der Waals surface area contributed by atoms with Gasteiger partial charge in [0.25, 0.3) is 5.91 Å². The highest BCUT2D eigenvalue weighted by Crippen LogP contribution is 2.25. The second kappa shape index (κ2) is 6.12. The van der Waals surface area contributed by atoms with Crippen LogP contribution in [0.3, 0.4) is 0 Å². The number of carbonyl (C=O) groups excluding carboxylic acids is 1. The van der Waals surface area contributed by atoms with Gasteiger partial charge in [-0.3, -0.25) is 4.79 Å². The number of likely N-dealkylation sites (tertiary alicyclic amines) is 1. The molecule has 1 amide bonds. The summed E-state index contributed by atoms with van der Waals surface area (Å²) in [6.07, 6.45) is 4.20. The Labute approximate surface area is 121 Å². The molecular formula is C17H24N2O. The third kappa shape index (κ3) is 2.45. The zero-order chi connectivity index (χ0) is 14.7. The molecule has 1 atom stereocenters. The summed E-state index contributed by atoms with van der Waals surface area (Å²) in [5, 5.41) is 1.06. The molecule has 2 heterocycles. The molecule has 0 saturated carbocycles. The normalized spacial score (nSPS) is 18.0. The molecular weight excluding hydrogens is 248 g/mol. The van der Waals surface area contributed by atoms with Crippen molar-refractivity contribution < 1.29 is 4.79 Å². The lowest BCUT2D eigenvalue weighted by Gasteiger charge is -2.20. The summed E-state index contributed by atoms with van der Waals surface area (Å²) in [5.74, 6) is 0.178. The second-order valence-electron chi connectivity index (χ2n) is 5.16. The molecule has 0 aliphatic carbocycles. The van der Waals surface area contributed by atoms with Crippen LogP contribution in [0.1, 0.15) is 44.0 Å². The minimum atomic E-state index is 0.178. The largest absolute Gasteiger partial charge is 0.350 e. The standard InChI is InChI=1S/C15H18N2O.C2H6/c1-11-6-5-9-17(11)15(18)13-10-16(2)14-8-4-3-7-12(13)14;1-2/h3-4,7-8,10-11H,5-6,9H2,1-2H3;1-2H3/t11-;/m0./s1. The molecule has 0 radical (unpaired) electrons. The fourth-order valence-corrected chi connectivity index (χ4v) is 2.90. The molecule has 0 spiro atoms. The SMILES string of the molecule is CC.C[C@H]1CCCN1C(=O)c1cn(C)c2ccccc12. The fourth-order valence-electron chi connectivity index (χ4n) is 2.90. The van der Waals surface area contributed by atoms with E-state index in [1.807, 2.05) is 54.8 Å². The summed E-state index contributed by atoms with van der Waals surface area (Å²) in [6, 6.07) is 8.46. The number of para-hydroxylation sites is 1. The number of hydrogen-bond donors (Lipinski definition) is 0. The number of carbonyl (C=O) groups is 1. The minimum Gasteiger partial charge on any atom is -0.350 e. The van der Waals surface area contributed by atoms with E-state index in [0.717, 1.165) is 35.9 Å². The number of hydrogen-bond acceptors (Lipinski definition) is 1. The lowest BCUT2D eigenvalue weighted by atomic mass is 10.1. The molecule has 20 heavy (non-hydrogen) atoms. The number of rotatable bonds is 1. The van der Waals surface area contributed by atoms with Gasteiger partial charge in [-0.1, -0.05) is 32.0 Å². The Morgan fingerprint density at radius 1 is 1.25 bits per heavy atom. The van der Waals surface area contributed by atoms with Gasteiger partial charge >= 0.3 is 0 Å². The van der Waals surface area contributed by atoms with Gasteiger partial charge in [-0.05, 0) is 25.8 Å². The first-order valence-electron chi connectivity index (χ1n) is 7.53. The van der Waals surface area contributed by atoms with Gasteiger partial charge in [0, 0.05) is 36.7 Å². The lowest BCUT2D eigenvalue weighted by molar-refractivity contribution is 0.0749. The van der Waals surface area contributed by atoms with Gasteiger partial charge in [0.1, 0.15) is 0 Å². The second-order valence-corrected chi connectivity index (χ2v) is 5.16. The maximum atomic E-state index is 12.6. The third-order valence-corrected chi connectivity index (χ3v) is 3.94. The van der Waals surface area contributed by atoms with Crippen molar-refractivity contribution in [1.82, 2.24) is 9.47 Å². The van der Waals surface area contributed by atoms with Gasteiger partial charge in [0.15, 0.2) is 0 Å². The smallest absolute Gasteiger partial charge is 0.256 e. The molecule has 0 unspecified atom stereocenters. The highest BCUT2D eigenvalue weighted by atomic mass is 16.2. The average molecular weight is 272 g/mol. The van der Waals surface area contributed by atoms with Crippen LogP contribution < -0.4 is 0 Å². The summed E-state index contributed by atoms with van der Waals surface area (Å²) in [5.41, 5.74) is 1.95. The Hall–Kier alpha value is -1.77. The Morgan fingerprint density at radius 3 is 2.60 bits per heavy atom. The fraction of sp³-hybridized carbons (Fsp3) is 0.471. The van der Waals surface area contributed by atoms with Crippen molar-refractivity contribution in [3.8, 4) is 0 Å². The predicted molar refractivity (Wildman–Crippen MR) is 84.0 cm³/mol. The van der Waals surface area contributed by atoms with Gasteiger partial charge in [0.2, 0.25) is 0 Å². The molecule has 1 aliphatic rings. The molecule has 108 valence electrons. The van der Waals surface area contributed by atoms with E-state index >= 15 is 0 Å². The van der Waals surface area contributed by atoms with Crippen molar-refractivity contribution >= 4 is 16.8 Å². The summed E-state index contributed by atoms with van der Waals surface area (Å²) in [4.78, 5) is 14.6. The van der Waals surface area contributed by atoms with E-state index in [4.69, 9.17) is 0 Å². The summed E-state index contributed by atoms with van der Waals surface area (Å²) < 4.78 is 2.03. The molecule has 3 rings (SSSR count). The van der Waals surface area contributed by atoms with Gasteiger partial charge in [-0.2, -0.15) is 0 Å². The number of amides is 1. The van der Waals surface area contributed by atoms with Crippen molar-refractivity contribution in [2.75, 3.05) is 6.54 Å². The van der Waals surface area contributed by atoms with E-state index in [1.54, 1.807) is 0 Å². The molecule has 3 heteroatoms. The maximum Gasteiger partial charge on any atom is 0.256 e. The van der Waals surface area contributed by atoms with Gasteiger partial charge < -0.3 is 9.47 Å². The molecule has 2 aromatic rings. The molecule has 3 nitrogen and oxygen atoms in total. The van der Waals surface area contributed by atoms with E-state index in [-0.39, 0.29) is 5.91 Å². The van der Waals surface area contributed by atoms with Crippen molar-refractivity contribution in [2.45, 2.75) is 39.7 Å². The van der Waals surface area contributed by atoms with Crippen LogP contribution in [0, 0.1) is 0 Å². The molecule has 0 bridgehead atoms. The molecule has 1 fully saturated rings. The number of aromatic nitrogens is 1. The third-order valence-electron chi connectivity index (χ3n) is 3.94. The van der Waals surface area contributed by atoms with Gasteiger partial charge in [0.05, 0.1) is 5.56 Å². The summed E-state index contributed by atoms with van der Waals surface area (Å²) >= 11 is 0. The zero-order valence-electron chi connectivity index (χ0n) is 12.9. The van der Waals surface area contributed by atoms with E-state index < -0.39 is 0 Å². The molecule has 0 N–H and O–H groups in total. The Bertz CT molecular complexity index is 600.